The fraction of sp³-hybridized carbons (Fsp3) is 0.182. The van der Waals surface area contributed by atoms with Gasteiger partial charge in [-0.25, -0.2) is 4.98 Å². The number of hydrogen-bond donors (Lipinski definition) is 1. The highest BCUT2D eigenvalue weighted by Gasteiger charge is 2.12. The first-order chi connectivity index (χ1) is 13.3. The molecule has 3 aromatic rings. The van der Waals surface area contributed by atoms with Crippen LogP contribution in [0, 0.1) is 0 Å². The molecule has 0 atom stereocenters. The van der Waals surface area contributed by atoms with E-state index in [4.69, 9.17) is 4.74 Å². The van der Waals surface area contributed by atoms with Gasteiger partial charge in [0.1, 0.15) is 5.69 Å². The van der Waals surface area contributed by atoms with Crippen molar-refractivity contribution in [3.63, 3.8) is 0 Å². The number of ether oxygens (including phenoxy) is 1. The lowest BCUT2D eigenvalue weighted by atomic mass is 10.1. The van der Waals surface area contributed by atoms with Crippen LogP contribution in [-0.4, -0.2) is 31.2 Å². The minimum Gasteiger partial charge on any atom is -0.383 e. The number of pyridine rings is 1. The first-order valence-corrected chi connectivity index (χ1v) is 8.87. The van der Waals surface area contributed by atoms with Gasteiger partial charge in [-0.3, -0.25) is 4.79 Å². The standard InChI is InChI=1S/C22H23N3O2/c1-27-15-14-23-22(26)21-13-12-20(16-24-21)25(19-10-6-3-7-11-19)17-18-8-4-2-5-9-18/h2-13,16H,14-15,17H2,1H3,(H,23,26). The van der Waals surface area contributed by atoms with Gasteiger partial charge in [0.05, 0.1) is 18.5 Å². The summed E-state index contributed by atoms with van der Waals surface area (Å²) >= 11 is 0. The normalized spacial score (nSPS) is 10.4. The minimum atomic E-state index is -0.201. The smallest absolute Gasteiger partial charge is 0.269 e. The number of para-hydroxylation sites is 1. The van der Waals surface area contributed by atoms with Gasteiger partial charge in [0.2, 0.25) is 0 Å². The van der Waals surface area contributed by atoms with Crippen LogP contribution in [0.5, 0.6) is 0 Å². The number of aromatic nitrogens is 1. The number of benzene rings is 2. The van der Waals surface area contributed by atoms with Crippen LogP contribution in [0.15, 0.2) is 79.0 Å². The van der Waals surface area contributed by atoms with E-state index in [9.17, 15) is 4.79 Å². The zero-order chi connectivity index (χ0) is 18.9. The van der Waals surface area contributed by atoms with Gasteiger partial charge in [-0.15, -0.1) is 0 Å². The molecule has 1 amide bonds. The van der Waals surface area contributed by atoms with E-state index < -0.39 is 0 Å². The Labute approximate surface area is 159 Å². The van der Waals surface area contributed by atoms with Crippen molar-refractivity contribution in [2.75, 3.05) is 25.2 Å². The monoisotopic (exact) mass is 361 g/mol. The number of nitrogens with one attached hydrogen (secondary N) is 1. The Morgan fingerprint density at radius 1 is 0.963 bits per heavy atom. The predicted molar refractivity (Wildman–Crippen MR) is 107 cm³/mol. The molecule has 0 saturated heterocycles. The summed E-state index contributed by atoms with van der Waals surface area (Å²) in [7, 11) is 1.60. The Hall–Kier alpha value is -3.18. The van der Waals surface area contributed by atoms with E-state index in [1.165, 1.54) is 5.56 Å². The van der Waals surface area contributed by atoms with Gasteiger partial charge in [0.25, 0.3) is 5.91 Å². The van der Waals surface area contributed by atoms with Gasteiger partial charge in [-0.2, -0.15) is 0 Å². The maximum Gasteiger partial charge on any atom is 0.269 e. The highest BCUT2D eigenvalue weighted by atomic mass is 16.5. The maximum absolute atomic E-state index is 12.1. The van der Waals surface area contributed by atoms with Crippen LogP contribution in [0.4, 0.5) is 11.4 Å². The molecule has 1 N–H and O–H groups in total. The largest absolute Gasteiger partial charge is 0.383 e. The molecule has 2 aromatic carbocycles. The van der Waals surface area contributed by atoms with Gasteiger partial charge < -0.3 is 15.0 Å². The summed E-state index contributed by atoms with van der Waals surface area (Å²) in [6.07, 6.45) is 1.74. The summed E-state index contributed by atoms with van der Waals surface area (Å²) in [5.41, 5.74) is 3.59. The first-order valence-electron chi connectivity index (χ1n) is 8.87. The molecule has 1 heterocycles. The van der Waals surface area contributed by atoms with Crippen LogP contribution < -0.4 is 10.2 Å². The molecule has 0 fully saturated rings. The molecule has 0 spiro atoms. The molecule has 5 nitrogen and oxygen atoms in total. The Bertz CT molecular complexity index is 836. The average Bonchev–Trinajstić information content (AvgIpc) is 2.74. The van der Waals surface area contributed by atoms with E-state index in [0.29, 0.717) is 25.4 Å². The van der Waals surface area contributed by atoms with E-state index in [-0.39, 0.29) is 5.91 Å². The van der Waals surface area contributed by atoms with Gasteiger partial charge in [-0.05, 0) is 29.8 Å². The Morgan fingerprint density at radius 2 is 1.67 bits per heavy atom. The molecule has 0 bridgehead atoms. The maximum atomic E-state index is 12.1. The summed E-state index contributed by atoms with van der Waals surface area (Å²) in [5.74, 6) is -0.201. The molecule has 0 radical (unpaired) electrons. The second-order valence-corrected chi connectivity index (χ2v) is 6.06. The van der Waals surface area contributed by atoms with Crippen molar-refractivity contribution < 1.29 is 9.53 Å². The highest BCUT2D eigenvalue weighted by molar-refractivity contribution is 5.92. The summed E-state index contributed by atoms with van der Waals surface area (Å²) in [6, 6.07) is 24.1. The van der Waals surface area contributed by atoms with Crippen molar-refractivity contribution in [3.8, 4) is 0 Å². The van der Waals surface area contributed by atoms with Crippen LogP contribution in [-0.2, 0) is 11.3 Å². The van der Waals surface area contributed by atoms with Crippen LogP contribution in [0.25, 0.3) is 0 Å². The van der Waals surface area contributed by atoms with Crippen molar-refractivity contribution >= 4 is 17.3 Å². The third kappa shape index (κ3) is 5.15. The summed E-state index contributed by atoms with van der Waals surface area (Å²) in [4.78, 5) is 18.6. The van der Waals surface area contributed by atoms with Crippen molar-refractivity contribution in [1.29, 1.82) is 0 Å². The number of hydrogen-bond acceptors (Lipinski definition) is 4. The quantitative estimate of drug-likeness (QED) is 0.620. The Morgan fingerprint density at radius 3 is 2.30 bits per heavy atom. The Balaban J connectivity index is 1.81. The fourth-order valence-corrected chi connectivity index (χ4v) is 2.74. The van der Waals surface area contributed by atoms with E-state index >= 15 is 0 Å². The van der Waals surface area contributed by atoms with E-state index in [2.05, 4.69) is 39.5 Å². The van der Waals surface area contributed by atoms with Crippen molar-refractivity contribution in [2.45, 2.75) is 6.54 Å². The minimum absolute atomic E-state index is 0.201. The number of rotatable bonds is 8. The molecule has 0 unspecified atom stereocenters. The van der Waals surface area contributed by atoms with Gasteiger partial charge in [0.15, 0.2) is 0 Å². The third-order valence-corrected chi connectivity index (χ3v) is 4.14. The second kappa shape index (κ2) is 9.50. The van der Waals surface area contributed by atoms with Crippen LogP contribution >= 0.6 is 0 Å². The second-order valence-electron chi connectivity index (χ2n) is 6.06. The molecular formula is C22H23N3O2. The molecule has 0 aliphatic carbocycles. The lowest BCUT2D eigenvalue weighted by molar-refractivity contribution is 0.0932. The number of nitrogens with zero attached hydrogens (tertiary/aromatic N) is 2. The molecule has 1 aromatic heterocycles. The lowest BCUT2D eigenvalue weighted by Gasteiger charge is -2.25. The topological polar surface area (TPSA) is 54.5 Å². The van der Waals surface area contributed by atoms with E-state index in [1.807, 2.05) is 42.5 Å². The number of amides is 1. The number of methoxy groups -OCH3 is 1. The van der Waals surface area contributed by atoms with E-state index in [1.54, 1.807) is 19.4 Å². The van der Waals surface area contributed by atoms with Gasteiger partial charge in [-0.1, -0.05) is 48.5 Å². The fourth-order valence-electron chi connectivity index (χ4n) is 2.74. The lowest BCUT2D eigenvalue weighted by Crippen LogP contribution is -2.27. The summed E-state index contributed by atoms with van der Waals surface area (Å²) in [6.45, 7) is 1.65. The molecule has 5 heteroatoms. The molecular weight excluding hydrogens is 338 g/mol. The average molecular weight is 361 g/mol. The third-order valence-electron chi connectivity index (χ3n) is 4.14. The zero-order valence-corrected chi connectivity index (χ0v) is 15.3. The molecule has 138 valence electrons. The number of anilines is 2. The number of carbonyl (C=O) groups is 1. The molecule has 0 saturated carbocycles. The van der Waals surface area contributed by atoms with Gasteiger partial charge in [0, 0.05) is 25.9 Å². The van der Waals surface area contributed by atoms with E-state index in [0.717, 1.165) is 11.4 Å². The summed E-state index contributed by atoms with van der Waals surface area (Å²) in [5, 5.41) is 2.78. The molecule has 0 aliphatic rings. The van der Waals surface area contributed by atoms with Crippen molar-refractivity contribution in [1.82, 2.24) is 10.3 Å². The van der Waals surface area contributed by atoms with Crippen molar-refractivity contribution in [3.05, 3.63) is 90.3 Å². The molecule has 3 rings (SSSR count). The summed E-state index contributed by atoms with van der Waals surface area (Å²) < 4.78 is 4.94. The molecule has 0 aliphatic heterocycles. The van der Waals surface area contributed by atoms with Crippen LogP contribution in [0.1, 0.15) is 16.1 Å². The first kappa shape index (κ1) is 18.6. The predicted octanol–water partition coefficient (Wildman–Crippen LogP) is 3.80. The van der Waals surface area contributed by atoms with Gasteiger partial charge >= 0.3 is 0 Å². The zero-order valence-electron chi connectivity index (χ0n) is 15.3. The molecule has 27 heavy (non-hydrogen) atoms. The number of carbonyl (C=O) groups excluding carboxylic acids is 1. The SMILES string of the molecule is COCCNC(=O)c1ccc(N(Cc2ccccc2)c2ccccc2)cn1. The Kier molecular flexibility index (Phi) is 6.55. The highest BCUT2D eigenvalue weighted by Crippen LogP contribution is 2.26. The van der Waals surface area contributed by atoms with Crippen LogP contribution in [0.2, 0.25) is 0 Å². The van der Waals surface area contributed by atoms with Crippen LogP contribution in [0.3, 0.4) is 0 Å². The van der Waals surface area contributed by atoms with Crippen molar-refractivity contribution in [2.24, 2.45) is 0 Å².